The molecule has 2 aromatic heterocycles. The third-order valence-electron chi connectivity index (χ3n) is 7.46. The van der Waals surface area contributed by atoms with Crippen LogP contribution in [0.1, 0.15) is 59.8 Å². The lowest BCUT2D eigenvalue weighted by Crippen LogP contribution is -2.13. The van der Waals surface area contributed by atoms with Crippen molar-refractivity contribution in [3.05, 3.63) is 95.8 Å². The van der Waals surface area contributed by atoms with Crippen LogP contribution in [0.2, 0.25) is 0 Å². The van der Waals surface area contributed by atoms with Crippen molar-refractivity contribution in [3.8, 4) is 28.3 Å². The first-order valence-electron chi connectivity index (χ1n) is 13.0. The number of rotatable bonds is 6. The van der Waals surface area contributed by atoms with Gasteiger partial charge in [-0.3, -0.25) is 0 Å². The molecule has 3 aromatic carbocycles. The smallest absolute Gasteiger partial charge is 0.336 e. The largest absolute Gasteiger partial charge is 0.491 e. The van der Waals surface area contributed by atoms with Crippen molar-refractivity contribution in [2.45, 2.75) is 44.6 Å². The molecule has 6 rings (SSSR count). The Morgan fingerprint density at radius 2 is 1.55 bits per heavy atom. The van der Waals surface area contributed by atoms with E-state index in [4.69, 9.17) is 4.98 Å². The zero-order valence-electron chi connectivity index (χ0n) is 20.9. The van der Waals surface area contributed by atoms with E-state index in [1.807, 2.05) is 66.7 Å². The summed E-state index contributed by atoms with van der Waals surface area (Å²) in [6.07, 6.45) is 5.70. The van der Waals surface area contributed by atoms with Crippen molar-refractivity contribution in [2.75, 3.05) is 0 Å². The summed E-state index contributed by atoms with van der Waals surface area (Å²) in [7, 11) is 0. The van der Waals surface area contributed by atoms with E-state index < -0.39 is 5.97 Å². The van der Waals surface area contributed by atoms with E-state index in [0.29, 0.717) is 34.8 Å². The molecular weight excluding hydrogens is 476 g/mol. The van der Waals surface area contributed by atoms with Gasteiger partial charge in [0.2, 0.25) is 0 Å². The molecule has 0 spiro atoms. The molecule has 2 heterocycles. The topological polar surface area (TPSA) is 101 Å². The fraction of sp³-hybridized carbons (Fsp3) is 0.226. The summed E-state index contributed by atoms with van der Waals surface area (Å²) in [4.78, 5) is 16.8. The zero-order valence-corrected chi connectivity index (χ0v) is 20.9. The van der Waals surface area contributed by atoms with Gasteiger partial charge in [0, 0.05) is 18.0 Å². The maximum atomic E-state index is 11.7. The second-order valence-electron chi connectivity index (χ2n) is 9.87. The summed E-state index contributed by atoms with van der Waals surface area (Å²) in [5.74, 6) is 0.196. The summed E-state index contributed by atoms with van der Waals surface area (Å²) in [5.41, 5.74) is 5.66. The van der Waals surface area contributed by atoms with Crippen molar-refractivity contribution in [3.63, 3.8) is 0 Å². The Bertz CT molecular complexity index is 1600. The first-order chi connectivity index (χ1) is 18.6. The minimum Gasteiger partial charge on any atom is -0.491 e. The van der Waals surface area contributed by atoms with E-state index in [1.54, 1.807) is 12.1 Å². The van der Waals surface area contributed by atoms with E-state index in [-0.39, 0.29) is 11.4 Å². The number of aromatic carboxylic acids is 1. The summed E-state index contributed by atoms with van der Waals surface area (Å²) < 4.78 is 2.10. The number of nitrogens with zero attached hydrogens (tertiary/aromatic N) is 4. The Morgan fingerprint density at radius 1 is 0.842 bits per heavy atom. The van der Waals surface area contributed by atoms with Crippen molar-refractivity contribution < 1.29 is 15.0 Å². The van der Waals surface area contributed by atoms with Gasteiger partial charge in [-0.15, -0.1) is 10.2 Å². The highest BCUT2D eigenvalue weighted by molar-refractivity contribution is 5.96. The Kier molecular flexibility index (Phi) is 6.33. The minimum atomic E-state index is -0.947. The second-order valence-corrected chi connectivity index (χ2v) is 9.87. The van der Waals surface area contributed by atoms with Gasteiger partial charge in [-0.25, -0.2) is 9.78 Å². The highest BCUT2D eigenvalue weighted by Crippen LogP contribution is 2.38. The first kappa shape index (κ1) is 23.9. The van der Waals surface area contributed by atoms with E-state index in [9.17, 15) is 15.0 Å². The van der Waals surface area contributed by atoms with Crippen molar-refractivity contribution in [2.24, 2.45) is 0 Å². The molecule has 0 atom stereocenters. The molecule has 0 amide bonds. The normalized spacial score (nSPS) is 14.1. The Hall–Kier alpha value is -4.52. The standard InChI is InChI=1S/C31H28N4O3/c36-30-28-27(26(33-34-30)22-9-3-1-4-10-22)32-29(23-11-5-2-6-12-23)35(28)19-20-15-17-21(18-16-20)24-13-7-8-14-25(24)31(37)38/h1,3-4,7-10,13-18,23H,2,5-6,11-12,19H2,(H,34,36)(H,37,38). The maximum Gasteiger partial charge on any atom is 0.336 e. The van der Waals surface area contributed by atoms with E-state index in [0.717, 1.165) is 35.4 Å². The van der Waals surface area contributed by atoms with Gasteiger partial charge in [-0.2, -0.15) is 0 Å². The third-order valence-corrected chi connectivity index (χ3v) is 7.46. The van der Waals surface area contributed by atoms with Crippen LogP contribution in [0.15, 0.2) is 78.9 Å². The molecule has 1 fully saturated rings. The molecule has 38 heavy (non-hydrogen) atoms. The minimum absolute atomic E-state index is 0.124. The fourth-order valence-electron chi connectivity index (χ4n) is 5.57. The molecule has 0 bridgehead atoms. The van der Waals surface area contributed by atoms with Crippen molar-refractivity contribution in [1.29, 1.82) is 0 Å². The number of fused-ring (bicyclic) bond motifs is 1. The second kappa shape index (κ2) is 10.1. The van der Waals surface area contributed by atoms with Gasteiger partial charge in [0.15, 0.2) is 0 Å². The summed E-state index contributed by atoms with van der Waals surface area (Å²) in [6, 6.07) is 24.8. The summed E-state index contributed by atoms with van der Waals surface area (Å²) >= 11 is 0. The van der Waals surface area contributed by atoms with Crippen LogP contribution in [0.5, 0.6) is 5.88 Å². The molecule has 0 radical (unpaired) electrons. The lowest BCUT2D eigenvalue weighted by Gasteiger charge is -2.22. The number of hydrogen-bond acceptors (Lipinski definition) is 5. The Labute approximate surface area is 220 Å². The molecule has 0 unspecified atom stereocenters. The number of imidazole rings is 1. The number of aromatic hydroxyl groups is 1. The first-order valence-corrected chi connectivity index (χ1v) is 13.0. The number of carbonyl (C=O) groups is 1. The van der Waals surface area contributed by atoms with Crippen molar-refractivity contribution in [1.82, 2.24) is 19.7 Å². The molecule has 7 nitrogen and oxygen atoms in total. The van der Waals surface area contributed by atoms with E-state index in [2.05, 4.69) is 14.8 Å². The number of benzene rings is 3. The van der Waals surface area contributed by atoms with Crippen LogP contribution in [-0.4, -0.2) is 35.9 Å². The third kappa shape index (κ3) is 4.41. The lowest BCUT2D eigenvalue weighted by molar-refractivity contribution is 0.0697. The van der Waals surface area contributed by atoms with Crippen molar-refractivity contribution >= 4 is 17.0 Å². The van der Waals surface area contributed by atoms with E-state index >= 15 is 0 Å². The van der Waals surface area contributed by atoms with Gasteiger partial charge in [0.1, 0.15) is 22.6 Å². The number of carboxylic acid groups (broad SMARTS) is 1. The predicted octanol–water partition coefficient (Wildman–Crippen LogP) is 6.66. The molecule has 0 aliphatic heterocycles. The number of carboxylic acids is 1. The molecule has 1 aliphatic rings. The average Bonchev–Trinajstić information content (AvgIpc) is 3.34. The Morgan fingerprint density at radius 3 is 2.29 bits per heavy atom. The number of aromatic nitrogens is 4. The van der Waals surface area contributed by atoms with Gasteiger partial charge in [-0.1, -0.05) is 92.1 Å². The molecule has 1 aliphatic carbocycles. The molecule has 1 saturated carbocycles. The molecule has 2 N–H and O–H groups in total. The maximum absolute atomic E-state index is 11.7. The van der Waals surface area contributed by atoms with Gasteiger partial charge in [-0.05, 0) is 35.6 Å². The van der Waals surface area contributed by atoms with Crippen LogP contribution in [0.25, 0.3) is 33.4 Å². The SMILES string of the molecule is O=C(O)c1ccccc1-c1ccc(Cn2c(C3CCCCC3)nc3c(-c4ccccc4)nnc(O)c32)cc1. The number of hydrogen-bond donors (Lipinski definition) is 2. The van der Waals surface area contributed by atoms with Crippen LogP contribution in [0.3, 0.4) is 0 Å². The quantitative estimate of drug-likeness (QED) is 0.268. The monoisotopic (exact) mass is 504 g/mol. The fourth-order valence-corrected chi connectivity index (χ4v) is 5.57. The van der Waals surface area contributed by atoms with Gasteiger partial charge in [0.05, 0.1) is 5.56 Å². The van der Waals surface area contributed by atoms with Crippen LogP contribution in [-0.2, 0) is 6.54 Å². The van der Waals surface area contributed by atoms with Gasteiger partial charge >= 0.3 is 5.97 Å². The summed E-state index contributed by atoms with van der Waals surface area (Å²) in [5, 5.41) is 28.9. The predicted molar refractivity (Wildman–Crippen MR) is 146 cm³/mol. The lowest BCUT2D eigenvalue weighted by atomic mass is 9.88. The zero-order chi connectivity index (χ0) is 26.1. The van der Waals surface area contributed by atoms with Crippen LogP contribution >= 0.6 is 0 Å². The molecular formula is C31H28N4O3. The van der Waals surface area contributed by atoms with E-state index in [1.165, 1.54) is 19.3 Å². The van der Waals surface area contributed by atoms with Crippen LogP contribution in [0, 0.1) is 0 Å². The average molecular weight is 505 g/mol. The highest BCUT2D eigenvalue weighted by atomic mass is 16.4. The highest BCUT2D eigenvalue weighted by Gasteiger charge is 2.26. The molecule has 190 valence electrons. The molecule has 5 aromatic rings. The van der Waals surface area contributed by atoms with Crippen LogP contribution in [0.4, 0.5) is 0 Å². The van der Waals surface area contributed by atoms with Crippen LogP contribution < -0.4 is 0 Å². The summed E-state index contributed by atoms with van der Waals surface area (Å²) in [6.45, 7) is 0.511. The Balaban J connectivity index is 1.44. The molecule has 7 heteroatoms. The van der Waals surface area contributed by atoms with Gasteiger partial charge < -0.3 is 14.8 Å². The van der Waals surface area contributed by atoms with Gasteiger partial charge in [0.25, 0.3) is 5.88 Å². The molecule has 0 saturated heterocycles.